The van der Waals surface area contributed by atoms with Crippen molar-refractivity contribution in [1.82, 2.24) is 9.88 Å². The highest BCUT2D eigenvalue weighted by Gasteiger charge is 2.25. The van der Waals surface area contributed by atoms with Gasteiger partial charge in [0.1, 0.15) is 0 Å². The summed E-state index contributed by atoms with van der Waals surface area (Å²) in [5.41, 5.74) is 6.56. The number of hydrogen-bond donors (Lipinski definition) is 1. The van der Waals surface area contributed by atoms with E-state index in [4.69, 9.17) is 5.73 Å². The first kappa shape index (κ1) is 9.96. The number of pyridine rings is 1. The molecule has 1 saturated heterocycles. The Labute approximate surface area is 89.1 Å². The molecule has 2 N–H and O–H groups in total. The van der Waals surface area contributed by atoms with Crippen molar-refractivity contribution in [2.24, 2.45) is 5.92 Å². The van der Waals surface area contributed by atoms with Gasteiger partial charge in [0.2, 0.25) is 0 Å². The van der Waals surface area contributed by atoms with Crippen LogP contribution in [0.5, 0.6) is 0 Å². The van der Waals surface area contributed by atoms with Crippen molar-refractivity contribution in [2.45, 2.75) is 13.3 Å². The fourth-order valence-electron chi connectivity index (χ4n) is 1.87. The number of likely N-dealkylation sites (tertiary alicyclic amines) is 1. The number of nitrogen functional groups attached to an aromatic ring is 1. The lowest BCUT2D eigenvalue weighted by Crippen LogP contribution is -2.29. The SMILES string of the molecule is CC1CCN(C(=O)c2ncccc2N)C1. The first-order chi connectivity index (χ1) is 7.18. The molecule has 15 heavy (non-hydrogen) atoms. The summed E-state index contributed by atoms with van der Waals surface area (Å²) in [4.78, 5) is 17.9. The van der Waals surface area contributed by atoms with Crippen molar-refractivity contribution in [2.75, 3.05) is 18.8 Å². The lowest BCUT2D eigenvalue weighted by atomic mass is 10.2. The number of rotatable bonds is 1. The van der Waals surface area contributed by atoms with Crippen LogP contribution in [-0.2, 0) is 0 Å². The van der Waals surface area contributed by atoms with Gasteiger partial charge in [-0.2, -0.15) is 0 Å². The zero-order valence-corrected chi connectivity index (χ0v) is 8.81. The van der Waals surface area contributed by atoms with Gasteiger partial charge in [-0.15, -0.1) is 0 Å². The van der Waals surface area contributed by atoms with Gasteiger partial charge in [-0.25, -0.2) is 4.98 Å². The molecule has 1 unspecified atom stereocenters. The van der Waals surface area contributed by atoms with Crippen LogP contribution in [-0.4, -0.2) is 28.9 Å². The van der Waals surface area contributed by atoms with Gasteiger partial charge in [0.05, 0.1) is 5.69 Å². The minimum Gasteiger partial charge on any atom is -0.397 e. The Morgan fingerprint density at radius 2 is 2.47 bits per heavy atom. The quantitative estimate of drug-likeness (QED) is 0.748. The van der Waals surface area contributed by atoms with Crippen molar-refractivity contribution in [1.29, 1.82) is 0 Å². The Bertz CT molecular complexity index is 378. The molecule has 0 aromatic carbocycles. The Kier molecular flexibility index (Phi) is 2.58. The van der Waals surface area contributed by atoms with Crippen LogP contribution in [0, 0.1) is 5.92 Å². The third-order valence-electron chi connectivity index (χ3n) is 2.75. The maximum atomic E-state index is 12.0. The number of nitrogens with zero attached hydrogens (tertiary/aromatic N) is 2. The van der Waals surface area contributed by atoms with Gasteiger partial charge in [0, 0.05) is 19.3 Å². The Morgan fingerprint density at radius 3 is 3.07 bits per heavy atom. The second-order valence-corrected chi connectivity index (χ2v) is 4.09. The summed E-state index contributed by atoms with van der Waals surface area (Å²) >= 11 is 0. The third kappa shape index (κ3) is 1.93. The fourth-order valence-corrected chi connectivity index (χ4v) is 1.87. The minimum atomic E-state index is -0.0440. The molecule has 0 spiro atoms. The summed E-state index contributed by atoms with van der Waals surface area (Å²) in [6.07, 6.45) is 2.67. The second kappa shape index (κ2) is 3.88. The van der Waals surface area contributed by atoms with Gasteiger partial charge >= 0.3 is 0 Å². The van der Waals surface area contributed by atoms with E-state index in [-0.39, 0.29) is 5.91 Å². The van der Waals surface area contributed by atoms with Gasteiger partial charge in [-0.3, -0.25) is 4.79 Å². The lowest BCUT2D eigenvalue weighted by molar-refractivity contribution is 0.0783. The number of nitrogens with two attached hydrogens (primary N) is 1. The molecule has 1 atom stereocenters. The van der Waals surface area contributed by atoms with Crippen LogP contribution in [0.2, 0.25) is 0 Å². The summed E-state index contributed by atoms with van der Waals surface area (Å²) in [5, 5.41) is 0. The molecule has 80 valence electrons. The topological polar surface area (TPSA) is 59.2 Å². The average Bonchev–Trinajstić information content (AvgIpc) is 2.65. The monoisotopic (exact) mass is 205 g/mol. The number of carbonyl (C=O) groups excluding carboxylic acids is 1. The van der Waals surface area contributed by atoms with E-state index < -0.39 is 0 Å². The van der Waals surface area contributed by atoms with Crippen molar-refractivity contribution < 1.29 is 4.79 Å². The van der Waals surface area contributed by atoms with E-state index in [1.165, 1.54) is 0 Å². The van der Waals surface area contributed by atoms with E-state index in [0.29, 0.717) is 17.3 Å². The first-order valence-corrected chi connectivity index (χ1v) is 5.18. The number of hydrogen-bond acceptors (Lipinski definition) is 3. The summed E-state index contributed by atoms with van der Waals surface area (Å²) in [7, 11) is 0. The van der Waals surface area contributed by atoms with Crippen LogP contribution in [0.25, 0.3) is 0 Å². The molecule has 0 radical (unpaired) electrons. The number of anilines is 1. The zero-order valence-electron chi connectivity index (χ0n) is 8.81. The normalized spacial score (nSPS) is 20.6. The summed E-state index contributed by atoms with van der Waals surface area (Å²) in [6.45, 7) is 3.78. The molecule has 4 nitrogen and oxygen atoms in total. The maximum Gasteiger partial charge on any atom is 0.274 e. The molecule has 0 saturated carbocycles. The summed E-state index contributed by atoms with van der Waals surface area (Å²) in [6, 6.07) is 3.44. The van der Waals surface area contributed by atoms with Crippen LogP contribution in [0.1, 0.15) is 23.8 Å². The van der Waals surface area contributed by atoms with Crippen molar-refractivity contribution >= 4 is 11.6 Å². The molecule has 1 aromatic rings. The highest BCUT2D eigenvalue weighted by atomic mass is 16.2. The molecule has 1 aliphatic rings. The van der Waals surface area contributed by atoms with Crippen molar-refractivity contribution in [3.05, 3.63) is 24.0 Å². The van der Waals surface area contributed by atoms with Crippen LogP contribution < -0.4 is 5.73 Å². The Balaban J connectivity index is 2.18. The highest BCUT2D eigenvalue weighted by molar-refractivity contribution is 5.97. The minimum absolute atomic E-state index is 0.0440. The van der Waals surface area contributed by atoms with Gasteiger partial charge in [0.15, 0.2) is 5.69 Å². The van der Waals surface area contributed by atoms with Crippen LogP contribution in [0.3, 0.4) is 0 Å². The van der Waals surface area contributed by atoms with E-state index in [2.05, 4.69) is 11.9 Å². The van der Waals surface area contributed by atoms with Gasteiger partial charge < -0.3 is 10.6 Å². The Hall–Kier alpha value is -1.58. The molecule has 4 heteroatoms. The lowest BCUT2D eigenvalue weighted by Gasteiger charge is -2.15. The molecule has 1 aromatic heterocycles. The third-order valence-corrected chi connectivity index (χ3v) is 2.75. The van der Waals surface area contributed by atoms with Gasteiger partial charge in [-0.1, -0.05) is 6.92 Å². The molecule has 1 fully saturated rings. The molecule has 1 amide bonds. The number of aromatic nitrogens is 1. The summed E-state index contributed by atoms with van der Waals surface area (Å²) in [5.74, 6) is 0.538. The number of carbonyl (C=O) groups is 1. The molecule has 2 rings (SSSR count). The van der Waals surface area contributed by atoms with E-state index in [1.807, 2.05) is 4.90 Å². The predicted octanol–water partition coefficient (Wildman–Crippen LogP) is 1.15. The van der Waals surface area contributed by atoms with E-state index in [0.717, 1.165) is 19.5 Å². The van der Waals surface area contributed by atoms with Gasteiger partial charge in [0.25, 0.3) is 5.91 Å². The van der Waals surface area contributed by atoms with Gasteiger partial charge in [-0.05, 0) is 24.5 Å². The van der Waals surface area contributed by atoms with E-state index in [9.17, 15) is 4.79 Å². The maximum absolute atomic E-state index is 12.0. The Morgan fingerprint density at radius 1 is 1.67 bits per heavy atom. The van der Waals surface area contributed by atoms with E-state index >= 15 is 0 Å². The molecular formula is C11H15N3O. The largest absolute Gasteiger partial charge is 0.397 e. The van der Waals surface area contributed by atoms with Crippen molar-refractivity contribution in [3.63, 3.8) is 0 Å². The standard InChI is InChI=1S/C11H15N3O/c1-8-4-6-14(7-8)11(15)10-9(12)3-2-5-13-10/h2-3,5,8H,4,6-7,12H2,1H3. The average molecular weight is 205 g/mol. The second-order valence-electron chi connectivity index (χ2n) is 4.09. The zero-order chi connectivity index (χ0) is 10.8. The first-order valence-electron chi connectivity index (χ1n) is 5.18. The smallest absolute Gasteiger partial charge is 0.274 e. The predicted molar refractivity (Wildman–Crippen MR) is 58.3 cm³/mol. The molecule has 0 bridgehead atoms. The van der Waals surface area contributed by atoms with Crippen LogP contribution >= 0.6 is 0 Å². The van der Waals surface area contributed by atoms with Crippen LogP contribution in [0.15, 0.2) is 18.3 Å². The molecule has 1 aliphatic heterocycles. The number of amides is 1. The molecule has 2 heterocycles. The summed E-state index contributed by atoms with van der Waals surface area (Å²) < 4.78 is 0. The van der Waals surface area contributed by atoms with Crippen molar-refractivity contribution in [3.8, 4) is 0 Å². The fraction of sp³-hybridized carbons (Fsp3) is 0.455. The molecular weight excluding hydrogens is 190 g/mol. The highest BCUT2D eigenvalue weighted by Crippen LogP contribution is 2.19. The van der Waals surface area contributed by atoms with E-state index in [1.54, 1.807) is 18.3 Å². The molecule has 0 aliphatic carbocycles. The van der Waals surface area contributed by atoms with Crippen LogP contribution in [0.4, 0.5) is 5.69 Å².